The Morgan fingerprint density at radius 2 is 1.92 bits per heavy atom. The van der Waals surface area contributed by atoms with Gasteiger partial charge in [0.2, 0.25) is 5.91 Å². The van der Waals surface area contributed by atoms with Gasteiger partial charge in [0, 0.05) is 29.9 Å². The van der Waals surface area contributed by atoms with Gasteiger partial charge >= 0.3 is 0 Å². The third-order valence-corrected chi connectivity index (χ3v) is 4.32. The fourth-order valence-corrected chi connectivity index (χ4v) is 2.88. The number of hydrogen-bond acceptors (Lipinski definition) is 4. The van der Waals surface area contributed by atoms with E-state index in [1.54, 1.807) is 24.3 Å². The Morgan fingerprint density at radius 1 is 1.17 bits per heavy atom. The van der Waals surface area contributed by atoms with Crippen molar-refractivity contribution in [3.05, 3.63) is 35.9 Å². The first-order chi connectivity index (χ1) is 11.6. The summed E-state index contributed by atoms with van der Waals surface area (Å²) in [6, 6.07) is 8.59. The largest absolute Gasteiger partial charge is 0.352 e. The average Bonchev–Trinajstić information content (AvgIpc) is 3.03. The summed E-state index contributed by atoms with van der Waals surface area (Å²) < 4.78 is 0. The molecule has 8 heteroatoms. The van der Waals surface area contributed by atoms with E-state index in [0.717, 1.165) is 6.54 Å². The van der Waals surface area contributed by atoms with E-state index in [-0.39, 0.29) is 35.0 Å². The van der Waals surface area contributed by atoms with Crippen molar-refractivity contribution < 1.29 is 14.4 Å². The minimum atomic E-state index is -0.292. The van der Waals surface area contributed by atoms with Crippen LogP contribution in [0, 0.1) is 0 Å². The summed E-state index contributed by atoms with van der Waals surface area (Å²) in [5, 5.41) is 5.80. The fourth-order valence-electron chi connectivity index (χ4n) is 2.32. The molecular weight excluding hydrogens is 376 g/mol. The molecule has 1 aromatic rings. The number of hydrogen-bond donors (Lipinski definition) is 4. The van der Waals surface area contributed by atoms with Crippen LogP contribution in [-0.2, 0) is 9.59 Å². The zero-order valence-corrected chi connectivity index (χ0v) is 14.8. The smallest absolute Gasteiger partial charge is 0.255 e. The summed E-state index contributed by atoms with van der Waals surface area (Å²) >= 11 is 3.43. The molecular formula is C16H21BrN4O3. The Labute approximate surface area is 149 Å². The van der Waals surface area contributed by atoms with Crippen LogP contribution in [0.3, 0.4) is 0 Å². The van der Waals surface area contributed by atoms with E-state index in [4.69, 9.17) is 0 Å². The molecule has 1 fully saturated rings. The van der Waals surface area contributed by atoms with Gasteiger partial charge in [0.1, 0.15) is 0 Å². The molecule has 0 bridgehead atoms. The lowest BCUT2D eigenvalue weighted by Gasteiger charge is -2.12. The first-order valence-corrected chi connectivity index (χ1v) is 8.77. The van der Waals surface area contributed by atoms with E-state index in [9.17, 15) is 14.4 Å². The van der Waals surface area contributed by atoms with E-state index >= 15 is 0 Å². The van der Waals surface area contributed by atoms with Crippen molar-refractivity contribution in [2.45, 2.75) is 30.1 Å². The number of benzene rings is 1. The van der Waals surface area contributed by atoms with Crippen molar-refractivity contribution >= 4 is 33.7 Å². The van der Waals surface area contributed by atoms with Crippen LogP contribution < -0.4 is 21.5 Å². The van der Waals surface area contributed by atoms with E-state index in [0.29, 0.717) is 24.9 Å². The molecule has 1 heterocycles. The van der Waals surface area contributed by atoms with Crippen LogP contribution in [0.2, 0.25) is 0 Å². The summed E-state index contributed by atoms with van der Waals surface area (Å²) in [5.41, 5.74) is 5.39. The Morgan fingerprint density at radius 3 is 2.58 bits per heavy atom. The van der Waals surface area contributed by atoms with E-state index in [1.807, 2.05) is 6.07 Å². The number of carbonyl (C=O) groups excluding carboxylic acids is 3. The maximum absolute atomic E-state index is 11.8. The molecule has 1 aromatic carbocycles. The topological polar surface area (TPSA) is 99.3 Å². The van der Waals surface area contributed by atoms with Crippen molar-refractivity contribution in [3.63, 3.8) is 0 Å². The molecule has 4 N–H and O–H groups in total. The summed E-state index contributed by atoms with van der Waals surface area (Å²) in [6.45, 7) is 1.12. The quantitative estimate of drug-likeness (QED) is 0.319. The van der Waals surface area contributed by atoms with Crippen molar-refractivity contribution in [2.75, 3.05) is 13.1 Å². The predicted molar refractivity (Wildman–Crippen MR) is 93.4 cm³/mol. The molecule has 1 aliphatic rings. The van der Waals surface area contributed by atoms with Crippen molar-refractivity contribution in [1.29, 1.82) is 0 Å². The number of carbonyl (C=O) groups is 3. The average molecular weight is 397 g/mol. The maximum atomic E-state index is 11.8. The monoisotopic (exact) mass is 396 g/mol. The lowest BCUT2D eigenvalue weighted by Crippen LogP contribution is -2.49. The van der Waals surface area contributed by atoms with Crippen LogP contribution >= 0.6 is 15.9 Å². The zero-order chi connectivity index (χ0) is 17.4. The Balaban J connectivity index is 1.56. The normalized spacial score (nSPS) is 19.5. The molecule has 2 atom stereocenters. The van der Waals surface area contributed by atoms with E-state index < -0.39 is 0 Å². The summed E-state index contributed by atoms with van der Waals surface area (Å²) in [6.07, 6.45) is 1.40. The van der Waals surface area contributed by atoms with Crippen LogP contribution in [-0.4, -0.2) is 41.7 Å². The van der Waals surface area contributed by atoms with Gasteiger partial charge < -0.3 is 10.6 Å². The molecule has 130 valence electrons. The highest BCUT2D eigenvalue weighted by molar-refractivity contribution is 9.09. The molecule has 2 rings (SSSR count). The van der Waals surface area contributed by atoms with Gasteiger partial charge in [0.25, 0.3) is 11.8 Å². The van der Waals surface area contributed by atoms with E-state index in [2.05, 4.69) is 37.4 Å². The molecule has 7 nitrogen and oxygen atoms in total. The first-order valence-electron chi connectivity index (χ1n) is 7.85. The first kappa shape index (κ1) is 18.4. The molecule has 1 saturated heterocycles. The number of rotatable bonds is 6. The second kappa shape index (κ2) is 9.39. The highest BCUT2D eigenvalue weighted by Gasteiger charge is 2.27. The lowest BCUT2D eigenvalue weighted by molar-refractivity contribution is -0.129. The third-order valence-electron chi connectivity index (χ3n) is 3.62. The van der Waals surface area contributed by atoms with Crippen molar-refractivity contribution in [2.24, 2.45) is 0 Å². The van der Waals surface area contributed by atoms with Crippen molar-refractivity contribution in [1.82, 2.24) is 21.5 Å². The minimum Gasteiger partial charge on any atom is -0.352 e. The lowest BCUT2D eigenvalue weighted by atomic mass is 10.2. The van der Waals surface area contributed by atoms with Crippen LogP contribution in [0.5, 0.6) is 0 Å². The van der Waals surface area contributed by atoms with Crippen LogP contribution in [0.25, 0.3) is 0 Å². The molecule has 0 aliphatic carbocycles. The number of alkyl halides is 1. The Kier molecular flexibility index (Phi) is 7.20. The molecule has 1 aliphatic heterocycles. The van der Waals surface area contributed by atoms with Gasteiger partial charge in [0.05, 0.1) is 6.04 Å². The fraction of sp³-hybridized carbons (Fsp3) is 0.438. The van der Waals surface area contributed by atoms with Crippen LogP contribution in [0.15, 0.2) is 30.3 Å². The zero-order valence-electron chi connectivity index (χ0n) is 13.2. The van der Waals surface area contributed by atoms with Crippen LogP contribution in [0.4, 0.5) is 0 Å². The third kappa shape index (κ3) is 5.93. The minimum absolute atomic E-state index is 0.166. The van der Waals surface area contributed by atoms with Gasteiger partial charge in [-0.1, -0.05) is 34.1 Å². The summed E-state index contributed by atoms with van der Waals surface area (Å²) in [4.78, 5) is 35.6. The standard InChI is InChI=1S/C16H21BrN4O3/c17-12-9-13(19-10-12)16(24)21-20-14(22)7-4-8-18-15(23)11-5-2-1-3-6-11/h1-3,5-6,12-13,19H,4,7-10H2,(H,18,23)(H,20,22)(H,21,24). The van der Waals surface area contributed by atoms with Gasteiger partial charge in [-0.25, -0.2) is 0 Å². The molecule has 2 unspecified atom stereocenters. The van der Waals surface area contributed by atoms with Gasteiger partial charge in [-0.2, -0.15) is 0 Å². The highest BCUT2D eigenvalue weighted by atomic mass is 79.9. The SMILES string of the molecule is O=C(CCCNC(=O)c1ccccc1)NNC(=O)C1CC(Br)CN1. The van der Waals surface area contributed by atoms with Gasteiger partial charge in [-0.3, -0.25) is 25.2 Å². The van der Waals surface area contributed by atoms with Crippen LogP contribution in [0.1, 0.15) is 29.6 Å². The second-order valence-electron chi connectivity index (χ2n) is 5.56. The molecule has 0 spiro atoms. The maximum Gasteiger partial charge on any atom is 0.255 e. The number of amides is 3. The highest BCUT2D eigenvalue weighted by Crippen LogP contribution is 2.13. The Bertz CT molecular complexity index is 582. The summed E-state index contributed by atoms with van der Waals surface area (Å²) in [5.74, 6) is -0.700. The van der Waals surface area contributed by atoms with Gasteiger partial charge in [-0.15, -0.1) is 0 Å². The molecule has 0 radical (unpaired) electrons. The molecule has 0 saturated carbocycles. The molecule has 3 amide bonds. The molecule has 24 heavy (non-hydrogen) atoms. The Hall–Kier alpha value is -1.93. The van der Waals surface area contributed by atoms with Gasteiger partial charge in [-0.05, 0) is 25.0 Å². The second-order valence-corrected chi connectivity index (χ2v) is 6.85. The number of halogens is 1. The number of nitrogens with one attached hydrogen (secondary N) is 4. The van der Waals surface area contributed by atoms with Crippen molar-refractivity contribution in [3.8, 4) is 0 Å². The summed E-state index contributed by atoms with van der Waals surface area (Å²) in [7, 11) is 0. The molecule has 0 aromatic heterocycles. The predicted octanol–water partition coefficient (Wildman–Crippen LogP) is 0.469. The van der Waals surface area contributed by atoms with Gasteiger partial charge in [0.15, 0.2) is 0 Å². The van der Waals surface area contributed by atoms with E-state index in [1.165, 1.54) is 0 Å². The number of hydrazine groups is 1.